The smallest absolute Gasteiger partial charge is 0.369 e. The molecule has 0 unspecified atom stereocenters. The molecule has 11 heteroatoms. The number of aliphatic hydroxyl groups is 1. The number of hydrogen-bond donors (Lipinski definition) is 2. The molecule has 2 aromatic carbocycles. The number of benzene rings is 2. The molecule has 0 aromatic heterocycles. The summed E-state index contributed by atoms with van der Waals surface area (Å²) in [6.07, 6.45) is -12.1. The number of amides is 1. The van der Waals surface area contributed by atoms with Gasteiger partial charge in [-0.1, -0.05) is 12.1 Å². The number of hydrogen-bond acceptors (Lipinski definition) is 2. The summed E-state index contributed by atoms with van der Waals surface area (Å²) in [5.74, 6) is -3.28. The highest BCUT2D eigenvalue weighted by Crippen LogP contribution is 2.50. The molecule has 27 heavy (non-hydrogen) atoms. The molecule has 2 N–H and O–H groups in total. The van der Waals surface area contributed by atoms with Crippen molar-refractivity contribution >= 4 is 11.6 Å². The minimum absolute atomic E-state index is 0.279. The Morgan fingerprint density at radius 2 is 1.37 bits per heavy atom. The van der Waals surface area contributed by atoms with Crippen LogP contribution in [-0.2, 0) is 5.60 Å². The molecule has 1 amide bonds. The Labute approximate surface area is 146 Å². The van der Waals surface area contributed by atoms with Gasteiger partial charge in [0.2, 0.25) is 0 Å². The molecular weight excluding hydrogens is 390 g/mol. The maximum atomic E-state index is 13.5. The fourth-order valence-corrected chi connectivity index (χ4v) is 2.15. The maximum Gasteiger partial charge on any atom is 0.430 e. The maximum absolute atomic E-state index is 13.5. The first-order chi connectivity index (χ1) is 12.3. The molecule has 0 bridgehead atoms. The second-order valence-electron chi connectivity index (χ2n) is 5.36. The highest BCUT2D eigenvalue weighted by molar-refractivity contribution is 6.04. The van der Waals surface area contributed by atoms with Gasteiger partial charge in [-0.15, -0.1) is 0 Å². The van der Waals surface area contributed by atoms with Crippen molar-refractivity contribution in [2.45, 2.75) is 18.0 Å². The Morgan fingerprint density at radius 1 is 0.852 bits per heavy atom. The van der Waals surface area contributed by atoms with E-state index in [4.69, 9.17) is 0 Å². The fraction of sp³-hybridized carbons (Fsp3) is 0.188. The fourth-order valence-electron chi connectivity index (χ4n) is 2.15. The standard InChI is InChI=1S/C16H9F8NO2/c17-9-3-6-11(12(18)7-9)13(26)25-10-4-1-8(2-5-10)14(27,15(19,20)21)16(22,23)24/h1-7,27H,(H,25,26). The average molecular weight is 399 g/mol. The van der Waals surface area contributed by atoms with Gasteiger partial charge in [0, 0.05) is 17.3 Å². The lowest BCUT2D eigenvalue weighted by Crippen LogP contribution is -2.53. The zero-order chi connectivity index (χ0) is 20.6. The van der Waals surface area contributed by atoms with Crippen molar-refractivity contribution in [1.82, 2.24) is 0 Å². The molecule has 0 aliphatic rings. The van der Waals surface area contributed by atoms with Gasteiger partial charge in [0.15, 0.2) is 0 Å². The second kappa shape index (κ2) is 6.80. The molecule has 0 radical (unpaired) electrons. The Balaban J connectivity index is 2.30. The van der Waals surface area contributed by atoms with Crippen LogP contribution in [0.15, 0.2) is 42.5 Å². The normalized spacial score (nSPS) is 12.8. The topological polar surface area (TPSA) is 49.3 Å². The van der Waals surface area contributed by atoms with Crippen LogP contribution in [-0.4, -0.2) is 23.4 Å². The number of carbonyl (C=O) groups is 1. The third kappa shape index (κ3) is 3.87. The van der Waals surface area contributed by atoms with E-state index < -0.39 is 46.6 Å². The van der Waals surface area contributed by atoms with Crippen LogP contribution in [0.1, 0.15) is 15.9 Å². The van der Waals surface area contributed by atoms with Gasteiger partial charge in [-0.05, 0) is 24.3 Å². The predicted molar refractivity (Wildman–Crippen MR) is 76.8 cm³/mol. The zero-order valence-electron chi connectivity index (χ0n) is 12.9. The minimum Gasteiger partial charge on any atom is -0.369 e. The molecule has 146 valence electrons. The number of carbonyl (C=O) groups excluding carboxylic acids is 1. The molecule has 2 rings (SSSR count). The lowest BCUT2D eigenvalue weighted by atomic mass is 9.92. The summed E-state index contributed by atoms with van der Waals surface area (Å²) in [6.45, 7) is 0. The number of halogens is 8. The van der Waals surface area contributed by atoms with Crippen LogP contribution in [0, 0.1) is 11.6 Å². The third-order valence-corrected chi connectivity index (χ3v) is 3.56. The minimum atomic E-state index is -6.05. The molecule has 0 aliphatic heterocycles. The molecule has 0 saturated carbocycles. The lowest BCUT2D eigenvalue weighted by Gasteiger charge is -2.32. The molecule has 2 aromatic rings. The summed E-state index contributed by atoms with van der Waals surface area (Å²) < 4.78 is 103. The lowest BCUT2D eigenvalue weighted by molar-refractivity contribution is -0.376. The van der Waals surface area contributed by atoms with E-state index in [1.54, 1.807) is 0 Å². The number of alkyl halides is 6. The summed E-state index contributed by atoms with van der Waals surface area (Å²) in [5.41, 5.74) is -7.50. The highest BCUT2D eigenvalue weighted by atomic mass is 19.4. The summed E-state index contributed by atoms with van der Waals surface area (Å²) >= 11 is 0. The van der Waals surface area contributed by atoms with Crippen molar-refractivity contribution in [2.75, 3.05) is 5.32 Å². The van der Waals surface area contributed by atoms with Crippen LogP contribution in [0.25, 0.3) is 0 Å². The van der Waals surface area contributed by atoms with E-state index in [0.29, 0.717) is 30.3 Å². The van der Waals surface area contributed by atoms with Crippen LogP contribution in [0.2, 0.25) is 0 Å². The number of anilines is 1. The quantitative estimate of drug-likeness (QED) is 0.746. The van der Waals surface area contributed by atoms with E-state index in [2.05, 4.69) is 0 Å². The predicted octanol–water partition coefficient (Wildman–Crippen LogP) is 4.53. The first-order valence-electron chi connectivity index (χ1n) is 7.00. The average Bonchev–Trinajstić information content (AvgIpc) is 2.52. The van der Waals surface area contributed by atoms with Gasteiger partial charge >= 0.3 is 12.4 Å². The largest absolute Gasteiger partial charge is 0.430 e. The van der Waals surface area contributed by atoms with Gasteiger partial charge in [-0.2, -0.15) is 26.3 Å². The van der Waals surface area contributed by atoms with Gasteiger partial charge < -0.3 is 10.4 Å². The zero-order valence-corrected chi connectivity index (χ0v) is 12.9. The Hall–Kier alpha value is -2.69. The van der Waals surface area contributed by atoms with Gasteiger partial charge in [-0.25, -0.2) is 8.78 Å². The van der Waals surface area contributed by atoms with E-state index in [9.17, 15) is 45.0 Å². The summed E-state index contributed by atoms with van der Waals surface area (Å²) in [5, 5.41) is 11.3. The molecule has 0 aliphatic carbocycles. The third-order valence-electron chi connectivity index (χ3n) is 3.56. The summed E-state index contributed by atoms with van der Waals surface area (Å²) in [7, 11) is 0. The van der Waals surface area contributed by atoms with Gasteiger partial charge in [0.1, 0.15) is 11.6 Å². The Kier molecular flexibility index (Phi) is 5.19. The van der Waals surface area contributed by atoms with Crippen LogP contribution < -0.4 is 5.32 Å². The van der Waals surface area contributed by atoms with Crippen LogP contribution in [0.5, 0.6) is 0 Å². The van der Waals surface area contributed by atoms with Gasteiger partial charge in [0.25, 0.3) is 11.5 Å². The van der Waals surface area contributed by atoms with Gasteiger partial charge in [0.05, 0.1) is 5.56 Å². The molecule has 3 nitrogen and oxygen atoms in total. The van der Waals surface area contributed by atoms with Gasteiger partial charge in [-0.3, -0.25) is 4.79 Å². The second-order valence-corrected chi connectivity index (χ2v) is 5.36. The number of nitrogens with one attached hydrogen (secondary N) is 1. The first kappa shape index (κ1) is 20.6. The molecular formula is C16H9F8NO2. The van der Waals surface area contributed by atoms with Crippen molar-refractivity contribution in [3.8, 4) is 0 Å². The number of rotatable bonds is 3. The Bertz CT molecular complexity index is 829. The SMILES string of the molecule is O=C(Nc1ccc(C(O)(C(F)(F)F)C(F)(F)F)cc1)c1ccc(F)cc1F. The monoisotopic (exact) mass is 399 g/mol. The van der Waals surface area contributed by atoms with Crippen molar-refractivity contribution in [3.63, 3.8) is 0 Å². The van der Waals surface area contributed by atoms with Crippen molar-refractivity contribution in [1.29, 1.82) is 0 Å². The van der Waals surface area contributed by atoms with Crippen LogP contribution in [0.4, 0.5) is 40.8 Å². The van der Waals surface area contributed by atoms with Crippen molar-refractivity contribution in [3.05, 3.63) is 65.2 Å². The van der Waals surface area contributed by atoms with Crippen LogP contribution >= 0.6 is 0 Å². The van der Waals surface area contributed by atoms with Crippen LogP contribution in [0.3, 0.4) is 0 Å². The van der Waals surface area contributed by atoms with Crippen molar-refractivity contribution in [2.24, 2.45) is 0 Å². The molecule has 0 fully saturated rings. The first-order valence-corrected chi connectivity index (χ1v) is 7.00. The highest BCUT2D eigenvalue weighted by Gasteiger charge is 2.71. The van der Waals surface area contributed by atoms with E-state index in [0.717, 1.165) is 12.1 Å². The molecule has 0 heterocycles. The molecule has 0 saturated heterocycles. The molecule has 0 spiro atoms. The molecule has 0 atom stereocenters. The summed E-state index contributed by atoms with van der Waals surface area (Å²) in [4.78, 5) is 11.9. The van der Waals surface area contributed by atoms with E-state index in [1.165, 1.54) is 0 Å². The Morgan fingerprint density at radius 3 is 1.81 bits per heavy atom. The van der Waals surface area contributed by atoms with E-state index in [-0.39, 0.29) is 5.69 Å². The van der Waals surface area contributed by atoms with E-state index in [1.807, 2.05) is 5.32 Å². The van der Waals surface area contributed by atoms with Crippen molar-refractivity contribution < 1.29 is 45.0 Å². The summed E-state index contributed by atoms with van der Waals surface area (Å²) in [6, 6.07) is 3.97. The van der Waals surface area contributed by atoms with E-state index >= 15 is 0 Å².